The summed E-state index contributed by atoms with van der Waals surface area (Å²) >= 11 is 0. The zero-order valence-electron chi connectivity index (χ0n) is 7.91. The third-order valence-electron chi connectivity index (χ3n) is 2.81. The van der Waals surface area contributed by atoms with Gasteiger partial charge in [0.25, 0.3) is 0 Å². The quantitative estimate of drug-likeness (QED) is 0.564. The Kier molecular flexibility index (Phi) is 2.25. The molecule has 2 rings (SSSR count). The Morgan fingerprint density at radius 3 is 2.64 bits per heavy atom. The van der Waals surface area contributed by atoms with E-state index in [0.29, 0.717) is 29.9 Å². The van der Waals surface area contributed by atoms with E-state index in [9.17, 15) is 13.2 Å². The minimum atomic E-state index is -1.33. The number of rotatable bonds is 0. The Labute approximate surface area is 80.7 Å². The van der Waals surface area contributed by atoms with Crippen LogP contribution in [0.3, 0.4) is 0 Å². The van der Waals surface area contributed by atoms with Crippen LogP contribution in [0.5, 0.6) is 0 Å². The maximum atomic E-state index is 13.3. The summed E-state index contributed by atoms with van der Waals surface area (Å²) in [5, 5.41) is 0. The van der Waals surface area contributed by atoms with Gasteiger partial charge in [0.2, 0.25) is 0 Å². The van der Waals surface area contributed by atoms with Crippen LogP contribution in [0.25, 0.3) is 0 Å². The Morgan fingerprint density at radius 1 is 1.21 bits per heavy atom. The summed E-state index contributed by atoms with van der Waals surface area (Å²) in [6.45, 7) is 2.03. The lowest BCUT2D eigenvalue weighted by atomic mass is 9.84. The number of benzene rings is 1. The molecule has 0 aliphatic heterocycles. The smallest absolute Gasteiger partial charge is 0.194 e. The first kappa shape index (κ1) is 9.56. The Bertz CT molecular complexity index is 371. The van der Waals surface area contributed by atoms with Crippen LogP contribution in [-0.4, -0.2) is 0 Å². The highest BCUT2D eigenvalue weighted by Crippen LogP contribution is 2.29. The molecular formula is C11H11F3. The molecule has 0 spiro atoms. The van der Waals surface area contributed by atoms with Crippen molar-refractivity contribution in [2.75, 3.05) is 0 Å². The van der Waals surface area contributed by atoms with Crippen molar-refractivity contribution < 1.29 is 13.2 Å². The molecule has 0 heterocycles. The molecule has 3 heteroatoms. The Balaban J connectivity index is 2.54. The molecular weight excluding hydrogens is 189 g/mol. The second-order valence-electron chi connectivity index (χ2n) is 3.97. The average Bonchev–Trinajstić information content (AvgIpc) is 2.14. The van der Waals surface area contributed by atoms with Crippen molar-refractivity contribution in [3.63, 3.8) is 0 Å². The SMILES string of the molecule is CC1CCc2c(cc(F)c(F)c2F)C1. The molecule has 0 nitrogen and oxygen atoms in total. The Hall–Kier alpha value is -0.990. The maximum absolute atomic E-state index is 13.3. The molecule has 1 aromatic carbocycles. The van der Waals surface area contributed by atoms with Gasteiger partial charge in [-0.3, -0.25) is 0 Å². The molecule has 14 heavy (non-hydrogen) atoms. The second kappa shape index (κ2) is 3.30. The first-order valence-corrected chi connectivity index (χ1v) is 4.75. The normalized spacial score (nSPS) is 20.7. The van der Waals surface area contributed by atoms with Crippen molar-refractivity contribution in [3.8, 4) is 0 Å². The van der Waals surface area contributed by atoms with Gasteiger partial charge in [-0.15, -0.1) is 0 Å². The summed E-state index contributed by atoms with van der Waals surface area (Å²) in [7, 11) is 0. The van der Waals surface area contributed by atoms with Crippen molar-refractivity contribution in [3.05, 3.63) is 34.6 Å². The fourth-order valence-corrected chi connectivity index (χ4v) is 2.00. The van der Waals surface area contributed by atoms with Crippen LogP contribution in [0.2, 0.25) is 0 Å². The zero-order chi connectivity index (χ0) is 10.3. The van der Waals surface area contributed by atoms with Gasteiger partial charge in [0.05, 0.1) is 0 Å². The maximum Gasteiger partial charge on any atom is 0.194 e. The summed E-state index contributed by atoms with van der Waals surface area (Å²) < 4.78 is 39.0. The molecule has 0 bridgehead atoms. The van der Waals surface area contributed by atoms with Crippen LogP contribution in [0.4, 0.5) is 13.2 Å². The van der Waals surface area contributed by atoms with Crippen LogP contribution in [-0.2, 0) is 12.8 Å². The molecule has 1 aliphatic carbocycles. The molecule has 1 unspecified atom stereocenters. The van der Waals surface area contributed by atoms with E-state index in [4.69, 9.17) is 0 Å². The molecule has 0 radical (unpaired) electrons. The molecule has 1 atom stereocenters. The standard InChI is InChI=1S/C11H11F3/c1-6-2-3-8-7(4-6)5-9(12)11(14)10(8)13/h5-6H,2-4H2,1H3. The van der Waals surface area contributed by atoms with Gasteiger partial charge in [-0.2, -0.15) is 0 Å². The molecule has 76 valence electrons. The van der Waals surface area contributed by atoms with Gasteiger partial charge < -0.3 is 0 Å². The summed E-state index contributed by atoms with van der Waals surface area (Å²) in [5.41, 5.74) is 0.988. The van der Waals surface area contributed by atoms with E-state index >= 15 is 0 Å². The molecule has 0 amide bonds. The highest BCUT2D eigenvalue weighted by Gasteiger charge is 2.23. The molecule has 1 aromatic rings. The van der Waals surface area contributed by atoms with E-state index < -0.39 is 17.5 Å². The molecule has 0 saturated carbocycles. The van der Waals surface area contributed by atoms with Crippen molar-refractivity contribution in [2.24, 2.45) is 5.92 Å². The van der Waals surface area contributed by atoms with Crippen molar-refractivity contribution in [1.29, 1.82) is 0 Å². The third kappa shape index (κ3) is 1.41. The van der Waals surface area contributed by atoms with Gasteiger partial charge in [0.15, 0.2) is 17.5 Å². The lowest BCUT2D eigenvalue weighted by molar-refractivity contribution is 0.418. The van der Waals surface area contributed by atoms with E-state index in [0.717, 1.165) is 12.5 Å². The van der Waals surface area contributed by atoms with Gasteiger partial charge in [0.1, 0.15) is 0 Å². The number of halogens is 3. The van der Waals surface area contributed by atoms with Crippen molar-refractivity contribution in [2.45, 2.75) is 26.2 Å². The molecule has 0 N–H and O–H groups in total. The lowest BCUT2D eigenvalue weighted by Crippen LogP contribution is -2.14. The predicted octanol–water partition coefficient (Wildman–Crippen LogP) is 3.23. The van der Waals surface area contributed by atoms with Crippen molar-refractivity contribution in [1.82, 2.24) is 0 Å². The largest absolute Gasteiger partial charge is 0.204 e. The van der Waals surface area contributed by atoms with Gasteiger partial charge >= 0.3 is 0 Å². The zero-order valence-corrected chi connectivity index (χ0v) is 7.91. The average molecular weight is 200 g/mol. The van der Waals surface area contributed by atoms with E-state index in [-0.39, 0.29) is 0 Å². The summed E-state index contributed by atoms with van der Waals surface area (Å²) in [6.07, 6.45) is 2.00. The topological polar surface area (TPSA) is 0 Å². The van der Waals surface area contributed by atoms with Crippen LogP contribution in [0, 0.1) is 23.4 Å². The monoisotopic (exact) mass is 200 g/mol. The number of fused-ring (bicyclic) bond motifs is 1. The first-order chi connectivity index (χ1) is 6.59. The predicted molar refractivity (Wildman–Crippen MR) is 47.5 cm³/mol. The third-order valence-corrected chi connectivity index (χ3v) is 2.81. The number of hydrogen-bond acceptors (Lipinski definition) is 0. The highest BCUT2D eigenvalue weighted by molar-refractivity contribution is 5.32. The van der Waals surface area contributed by atoms with Gasteiger partial charge in [-0.1, -0.05) is 6.92 Å². The minimum Gasteiger partial charge on any atom is -0.204 e. The Morgan fingerprint density at radius 2 is 1.93 bits per heavy atom. The molecule has 0 saturated heterocycles. The lowest BCUT2D eigenvalue weighted by Gasteiger charge is -2.21. The van der Waals surface area contributed by atoms with E-state index in [2.05, 4.69) is 0 Å². The molecule has 0 fully saturated rings. The van der Waals surface area contributed by atoms with Gasteiger partial charge in [0, 0.05) is 0 Å². The van der Waals surface area contributed by atoms with Crippen LogP contribution in [0.1, 0.15) is 24.5 Å². The van der Waals surface area contributed by atoms with E-state index in [1.54, 1.807) is 0 Å². The van der Waals surface area contributed by atoms with Crippen molar-refractivity contribution >= 4 is 0 Å². The fourth-order valence-electron chi connectivity index (χ4n) is 2.00. The van der Waals surface area contributed by atoms with E-state index in [1.165, 1.54) is 0 Å². The fraction of sp³-hybridized carbons (Fsp3) is 0.455. The highest BCUT2D eigenvalue weighted by atomic mass is 19.2. The van der Waals surface area contributed by atoms with E-state index in [1.807, 2.05) is 6.92 Å². The second-order valence-corrected chi connectivity index (χ2v) is 3.97. The summed E-state index contributed by atoms with van der Waals surface area (Å²) in [6, 6.07) is 1.13. The minimum absolute atomic E-state index is 0.363. The number of hydrogen-bond donors (Lipinski definition) is 0. The summed E-state index contributed by atoms with van der Waals surface area (Å²) in [5.74, 6) is -2.98. The van der Waals surface area contributed by atoms with Crippen LogP contribution >= 0.6 is 0 Å². The molecule has 0 aromatic heterocycles. The van der Waals surface area contributed by atoms with Crippen LogP contribution < -0.4 is 0 Å². The summed E-state index contributed by atoms with van der Waals surface area (Å²) in [4.78, 5) is 0. The van der Waals surface area contributed by atoms with Gasteiger partial charge in [-0.25, -0.2) is 13.2 Å². The molecule has 1 aliphatic rings. The van der Waals surface area contributed by atoms with Gasteiger partial charge in [-0.05, 0) is 42.4 Å². The first-order valence-electron chi connectivity index (χ1n) is 4.75. The van der Waals surface area contributed by atoms with Crippen LogP contribution in [0.15, 0.2) is 6.07 Å².